The number of guanidine groups is 1. The van der Waals surface area contributed by atoms with Gasteiger partial charge in [-0.25, -0.2) is 0 Å². The molecular weight excluding hydrogens is 392 g/mol. The molecule has 1 aliphatic heterocycles. The molecule has 0 spiro atoms. The van der Waals surface area contributed by atoms with Crippen LogP contribution in [0.25, 0.3) is 0 Å². The first-order valence-corrected chi connectivity index (χ1v) is 11.1. The van der Waals surface area contributed by atoms with E-state index < -0.39 is 0 Å². The second-order valence-electron chi connectivity index (χ2n) is 8.35. The molecule has 31 heavy (non-hydrogen) atoms. The Labute approximate surface area is 184 Å². The van der Waals surface area contributed by atoms with Crippen molar-refractivity contribution >= 4 is 11.9 Å². The van der Waals surface area contributed by atoms with Crippen LogP contribution >= 0.6 is 0 Å². The first kappa shape index (κ1) is 21.3. The van der Waals surface area contributed by atoms with Gasteiger partial charge in [0.05, 0.1) is 13.4 Å². The number of carbonyl (C=O) groups is 1. The van der Waals surface area contributed by atoms with Gasteiger partial charge in [-0.2, -0.15) is 0 Å². The fourth-order valence-electron chi connectivity index (χ4n) is 4.93. The topological polar surface area (TPSA) is 70.3 Å². The normalized spacial score (nSPS) is 18.8. The Kier molecular flexibility index (Phi) is 6.49. The molecule has 1 saturated carbocycles. The minimum atomic E-state index is -0.0475. The molecule has 1 aromatic heterocycles. The zero-order chi connectivity index (χ0) is 21.7. The number of rotatable bonds is 5. The molecule has 7 heteroatoms. The van der Waals surface area contributed by atoms with Gasteiger partial charge in [-0.05, 0) is 31.0 Å². The summed E-state index contributed by atoms with van der Waals surface area (Å²) in [4.78, 5) is 21.1. The van der Waals surface area contributed by atoms with Crippen molar-refractivity contribution in [2.75, 3.05) is 46.9 Å². The number of furan rings is 1. The monoisotopic (exact) mass is 424 g/mol. The highest BCUT2D eigenvalue weighted by Crippen LogP contribution is 2.44. The molecule has 0 bridgehead atoms. The first-order valence-electron chi connectivity index (χ1n) is 11.1. The number of nitrogens with one attached hydrogen (secondary N) is 1. The summed E-state index contributed by atoms with van der Waals surface area (Å²) in [5.41, 5.74) is 1.34. The lowest BCUT2D eigenvalue weighted by molar-refractivity contribution is 0.0657. The maximum absolute atomic E-state index is 12.5. The van der Waals surface area contributed by atoms with Crippen LogP contribution in [0.4, 0.5) is 0 Å². The van der Waals surface area contributed by atoms with Crippen molar-refractivity contribution in [1.29, 1.82) is 0 Å². The highest BCUT2D eigenvalue weighted by molar-refractivity contribution is 5.91. The third-order valence-corrected chi connectivity index (χ3v) is 6.63. The molecule has 0 unspecified atom stereocenters. The zero-order valence-electron chi connectivity index (χ0n) is 18.5. The number of piperazine rings is 1. The van der Waals surface area contributed by atoms with E-state index in [2.05, 4.69) is 33.4 Å². The fraction of sp³-hybridized carbons (Fsp3) is 0.500. The van der Waals surface area contributed by atoms with Crippen LogP contribution in [0, 0.1) is 0 Å². The van der Waals surface area contributed by atoms with E-state index >= 15 is 0 Å². The van der Waals surface area contributed by atoms with E-state index in [0.29, 0.717) is 18.8 Å². The van der Waals surface area contributed by atoms with Gasteiger partial charge in [0.25, 0.3) is 5.91 Å². The van der Waals surface area contributed by atoms with Crippen LogP contribution < -0.4 is 10.1 Å². The quantitative estimate of drug-likeness (QED) is 0.590. The van der Waals surface area contributed by atoms with Crippen LogP contribution in [-0.2, 0) is 5.41 Å². The Balaban J connectivity index is 1.40. The summed E-state index contributed by atoms with van der Waals surface area (Å²) in [6.07, 6.45) is 6.28. The van der Waals surface area contributed by atoms with Crippen molar-refractivity contribution in [3.63, 3.8) is 0 Å². The van der Waals surface area contributed by atoms with Gasteiger partial charge in [-0.15, -0.1) is 0 Å². The summed E-state index contributed by atoms with van der Waals surface area (Å²) < 4.78 is 10.9. The summed E-state index contributed by atoms with van der Waals surface area (Å²) in [6, 6.07) is 11.8. The number of ether oxygens (including phenoxy) is 1. The van der Waals surface area contributed by atoms with E-state index in [-0.39, 0.29) is 11.3 Å². The van der Waals surface area contributed by atoms with Gasteiger partial charge in [0.1, 0.15) is 5.75 Å². The van der Waals surface area contributed by atoms with E-state index in [0.717, 1.165) is 44.2 Å². The van der Waals surface area contributed by atoms with Crippen molar-refractivity contribution < 1.29 is 13.9 Å². The summed E-state index contributed by atoms with van der Waals surface area (Å²) in [5.74, 6) is 2.21. The predicted molar refractivity (Wildman–Crippen MR) is 121 cm³/mol. The molecule has 7 nitrogen and oxygen atoms in total. The Morgan fingerprint density at radius 2 is 1.81 bits per heavy atom. The highest BCUT2D eigenvalue weighted by Gasteiger charge is 2.38. The minimum Gasteiger partial charge on any atom is -0.496 e. The minimum absolute atomic E-state index is 0.0475. The molecule has 1 N–H and O–H groups in total. The van der Waals surface area contributed by atoms with E-state index in [9.17, 15) is 4.79 Å². The largest absolute Gasteiger partial charge is 0.496 e. The first-order chi connectivity index (χ1) is 15.2. The molecule has 2 aliphatic rings. The Bertz CT molecular complexity index is 895. The number of para-hydroxylation sites is 1. The lowest BCUT2D eigenvalue weighted by Gasteiger charge is -2.38. The van der Waals surface area contributed by atoms with E-state index in [1.165, 1.54) is 24.7 Å². The summed E-state index contributed by atoms with van der Waals surface area (Å²) in [6.45, 7) is 3.61. The zero-order valence-corrected chi connectivity index (χ0v) is 18.5. The van der Waals surface area contributed by atoms with Crippen LogP contribution in [0.5, 0.6) is 5.75 Å². The number of benzene rings is 1. The van der Waals surface area contributed by atoms with Crippen molar-refractivity contribution in [3.8, 4) is 5.75 Å². The van der Waals surface area contributed by atoms with E-state index in [4.69, 9.17) is 9.15 Å². The number of hydrogen-bond acceptors (Lipinski definition) is 4. The predicted octanol–water partition coefficient (Wildman–Crippen LogP) is 3.13. The molecule has 1 aliphatic carbocycles. The van der Waals surface area contributed by atoms with Gasteiger partial charge in [-0.1, -0.05) is 31.0 Å². The van der Waals surface area contributed by atoms with Crippen LogP contribution in [-0.4, -0.2) is 68.5 Å². The van der Waals surface area contributed by atoms with Gasteiger partial charge in [0.15, 0.2) is 11.7 Å². The molecule has 2 fully saturated rings. The van der Waals surface area contributed by atoms with Gasteiger partial charge in [0.2, 0.25) is 0 Å². The maximum atomic E-state index is 12.5. The van der Waals surface area contributed by atoms with Gasteiger partial charge < -0.3 is 24.3 Å². The maximum Gasteiger partial charge on any atom is 0.289 e. The molecule has 0 radical (unpaired) electrons. The number of nitrogens with zero attached hydrogens (tertiary/aromatic N) is 3. The van der Waals surface area contributed by atoms with Crippen molar-refractivity contribution in [3.05, 3.63) is 54.0 Å². The molecule has 2 heterocycles. The SMILES string of the molecule is CN=C(NCC1(c2ccccc2OC)CCCC1)N1CCN(C(=O)c2ccco2)CC1. The summed E-state index contributed by atoms with van der Waals surface area (Å²) in [7, 11) is 3.57. The smallest absolute Gasteiger partial charge is 0.289 e. The molecule has 2 aromatic rings. The number of amides is 1. The number of methoxy groups -OCH3 is 1. The molecule has 4 rings (SSSR count). The second kappa shape index (κ2) is 9.45. The number of carbonyl (C=O) groups excluding carboxylic acids is 1. The summed E-state index contributed by atoms with van der Waals surface area (Å²) >= 11 is 0. The molecular formula is C24H32N4O3. The van der Waals surface area contributed by atoms with Crippen LogP contribution in [0.1, 0.15) is 41.8 Å². The average molecular weight is 425 g/mol. The van der Waals surface area contributed by atoms with Crippen LogP contribution in [0.3, 0.4) is 0 Å². The van der Waals surface area contributed by atoms with Gasteiger partial charge in [0, 0.05) is 50.7 Å². The Morgan fingerprint density at radius 3 is 2.45 bits per heavy atom. The number of aliphatic imine (C=N–C) groups is 1. The lowest BCUT2D eigenvalue weighted by Crippen LogP contribution is -2.55. The second-order valence-corrected chi connectivity index (χ2v) is 8.35. The van der Waals surface area contributed by atoms with Crippen molar-refractivity contribution in [1.82, 2.24) is 15.1 Å². The Morgan fingerprint density at radius 1 is 1.10 bits per heavy atom. The molecule has 166 valence electrons. The Hall–Kier alpha value is -2.96. The molecule has 0 atom stereocenters. The van der Waals surface area contributed by atoms with E-state index in [1.54, 1.807) is 19.2 Å². The van der Waals surface area contributed by atoms with Gasteiger partial charge >= 0.3 is 0 Å². The standard InChI is InChI=1S/C24H32N4O3/c1-25-23(28-15-13-27(14-16-28)22(29)21-10-7-17-31-21)26-18-24(11-5-6-12-24)19-8-3-4-9-20(19)30-2/h3-4,7-10,17H,5-6,11-16,18H2,1-2H3,(H,25,26). The van der Waals surface area contributed by atoms with Crippen molar-refractivity contribution in [2.45, 2.75) is 31.1 Å². The fourth-order valence-corrected chi connectivity index (χ4v) is 4.93. The number of hydrogen-bond donors (Lipinski definition) is 1. The van der Waals surface area contributed by atoms with Gasteiger partial charge in [-0.3, -0.25) is 9.79 Å². The molecule has 1 aromatic carbocycles. The summed E-state index contributed by atoms with van der Waals surface area (Å²) in [5, 5.41) is 3.64. The highest BCUT2D eigenvalue weighted by atomic mass is 16.5. The van der Waals surface area contributed by atoms with Crippen molar-refractivity contribution in [2.24, 2.45) is 4.99 Å². The molecule has 1 saturated heterocycles. The van der Waals surface area contributed by atoms with Crippen LogP contribution in [0.15, 0.2) is 52.1 Å². The third-order valence-electron chi connectivity index (χ3n) is 6.63. The third kappa shape index (κ3) is 4.40. The van der Waals surface area contributed by atoms with Crippen LogP contribution in [0.2, 0.25) is 0 Å². The lowest BCUT2D eigenvalue weighted by atomic mass is 9.78. The van der Waals surface area contributed by atoms with E-state index in [1.807, 2.05) is 18.0 Å². The molecule has 1 amide bonds. The average Bonchev–Trinajstić information content (AvgIpc) is 3.53.